The molecule has 27 heavy (non-hydrogen) atoms. The third kappa shape index (κ3) is 3.00. The van der Waals surface area contributed by atoms with E-state index in [1.165, 1.54) is 0 Å². The van der Waals surface area contributed by atoms with Gasteiger partial charge in [-0.3, -0.25) is 0 Å². The second kappa shape index (κ2) is 6.79. The fraction of sp³-hybridized carbons (Fsp3) is 0.250. The number of hydrogen-bond acceptors (Lipinski definition) is 6. The first-order chi connectivity index (χ1) is 13.0. The minimum absolute atomic E-state index is 0.376. The van der Waals surface area contributed by atoms with Crippen molar-refractivity contribution in [3.8, 4) is 5.75 Å². The van der Waals surface area contributed by atoms with E-state index in [-0.39, 0.29) is 0 Å². The molecule has 7 heteroatoms. The van der Waals surface area contributed by atoms with Crippen molar-refractivity contribution in [3.05, 3.63) is 54.6 Å². The number of aliphatic carboxylic acids is 1. The number of carbonyl (C=O) groups is 1. The van der Waals surface area contributed by atoms with Crippen LogP contribution in [0.1, 0.15) is 0 Å². The topological polar surface area (TPSA) is 116 Å². The van der Waals surface area contributed by atoms with E-state index in [0.29, 0.717) is 5.75 Å². The van der Waals surface area contributed by atoms with Gasteiger partial charge in [-0.15, -0.1) is 0 Å². The van der Waals surface area contributed by atoms with Gasteiger partial charge in [0.05, 0.1) is 0 Å². The maximum atomic E-state index is 11.3. The van der Waals surface area contributed by atoms with Crippen molar-refractivity contribution in [2.24, 2.45) is 0 Å². The molecule has 4 N–H and O–H groups in total. The van der Waals surface area contributed by atoms with E-state index in [1.54, 1.807) is 6.07 Å². The number of rotatable bonds is 3. The predicted molar refractivity (Wildman–Crippen MR) is 96.4 cm³/mol. The highest BCUT2D eigenvalue weighted by molar-refractivity contribution is 6.10. The molecule has 1 aliphatic rings. The molecule has 7 nitrogen and oxygen atoms in total. The van der Waals surface area contributed by atoms with Gasteiger partial charge in [-0.25, -0.2) is 4.79 Å². The van der Waals surface area contributed by atoms with Crippen molar-refractivity contribution in [2.45, 2.75) is 30.7 Å². The Morgan fingerprint density at radius 2 is 1.48 bits per heavy atom. The van der Waals surface area contributed by atoms with Crippen molar-refractivity contribution in [1.29, 1.82) is 0 Å². The molecule has 1 heterocycles. The lowest BCUT2D eigenvalue weighted by atomic mass is 9.98. The highest BCUT2D eigenvalue weighted by Gasteiger charge is 2.48. The predicted octanol–water partition coefficient (Wildman–Crippen LogP) is 1.26. The summed E-state index contributed by atoms with van der Waals surface area (Å²) in [6.07, 6.45) is -8.24. The molecule has 4 rings (SSSR count). The first-order valence-corrected chi connectivity index (χ1v) is 8.47. The molecule has 140 valence electrons. The van der Waals surface area contributed by atoms with E-state index in [4.69, 9.17) is 9.47 Å². The number of fused-ring (bicyclic) bond motifs is 3. The molecule has 0 aliphatic carbocycles. The Balaban J connectivity index is 1.77. The Bertz CT molecular complexity index is 1000. The van der Waals surface area contributed by atoms with E-state index in [0.717, 1.165) is 21.5 Å². The van der Waals surface area contributed by atoms with E-state index >= 15 is 0 Å². The summed E-state index contributed by atoms with van der Waals surface area (Å²) in [5.41, 5.74) is 0. The molecular formula is C20H18O7. The van der Waals surface area contributed by atoms with E-state index in [2.05, 4.69) is 0 Å². The quantitative estimate of drug-likeness (QED) is 0.513. The number of benzene rings is 3. The number of aliphatic hydroxyl groups is 3. The van der Waals surface area contributed by atoms with Gasteiger partial charge in [-0.05, 0) is 22.2 Å². The molecule has 5 atom stereocenters. The number of carboxylic acid groups (broad SMARTS) is 1. The molecule has 0 saturated carbocycles. The van der Waals surface area contributed by atoms with Crippen LogP contribution < -0.4 is 4.74 Å². The molecule has 0 spiro atoms. The van der Waals surface area contributed by atoms with Crippen molar-refractivity contribution in [2.75, 3.05) is 0 Å². The van der Waals surface area contributed by atoms with Gasteiger partial charge in [0.1, 0.15) is 24.1 Å². The summed E-state index contributed by atoms with van der Waals surface area (Å²) < 4.78 is 11.0. The molecule has 1 fully saturated rings. The molecule has 3 aromatic carbocycles. The van der Waals surface area contributed by atoms with Gasteiger partial charge in [0.25, 0.3) is 0 Å². The smallest absolute Gasteiger partial charge is 0.335 e. The van der Waals surface area contributed by atoms with Crippen molar-refractivity contribution < 1.29 is 34.7 Å². The third-order valence-corrected chi connectivity index (χ3v) is 4.79. The highest BCUT2D eigenvalue weighted by Crippen LogP contribution is 2.35. The van der Waals surface area contributed by atoms with E-state index in [1.807, 2.05) is 48.5 Å². The Morgan fingerprint density at radius 3 is 2.19 bits per heavy atom. The molecule has 3 aromatic rings. The minimum atomic E-state index is -1.76. The Labute approximate surface area is 154 Å². The zero-order valence-corrected chi connectivity index (χ0v) is 14.1. The van der Waals surface area contributed by atoms with Crippen molar-refractivity contribution in [1.82, 2.24) is 0 Å². The summed E-state index contributed by atoms with van der Waals surface area (Å²) in [6.45, 7) is 0. The zero-order valence-electron chi connectivity index (χ0n) is 14.1. The number of aliphatic hydroxyl groups excluding tert-OH is 3. The summed E-state index contributed by atoms with van der Waals surface area (Å²) in [4.78, 5) is 11.3. The van der Waals surface area contributed by atoms with Crippen LogP contribution in [0.2, 0.25) is 0 Å². The Hall–Kier alpha value is -2.71. The SMILES string of the molecule is O=C(O)[C@H]1O[C@@H](Oc2cc3ccccc3c3ccccc23)[C@H](O)[C@@H](O)[C@@H]1O. The summed E-state index contributed by atoms with van der Waals surface area (Å²) in [6, 6.07) is 17.0. The standard InChI is InChI=1S/C20H18O7/c21-15-16(22)18(19(24)25)27-20(17(15)23)26-14-9-10-5-1-2-6-11(10)12-7-3-4-8-13(12)14/h1-9,15-18,20-23H,(H,24,25)/t15-,16-,17+,18-,20+/m0/s1. The number of hydrogen-bond donors (Lipinski definition) is 4. The van der Waals surface area contributed by atoms with Crippen LogP contribution in [0.5, 0.6) is 5.75 Å². The Morgan fingerprint density at radius 1 is 0.852 bits per heavy atom. The molecule has 0 aromatic heterocycles. The number of ether oxygens (including phenoxy) is 2. The normalized spacial score (nSPS) is 28.3. The lowest BCUT2D eigenvalue weighted by molar-refractivity contribution is -0.270. The highest BCUT2D eigenvalue weighted by atomic mass is 16.7. The maximum absolute atomic E-state index is 11.3. The van der Waals surface area contributed by atoms with Crippen molar-refractivity contribution in [3.63, 3.8) is 0 Å². The van der Waals surface area contributed by atoms with Gasteiger partial charge < -0.3 is 29.9 Å². The fourth-order valence-corrected chi connectivity index (χ4v) is 3.39. The Kier molecular flexibility index (Phi) is 4.45. The summed E-state index contributed by atoms with van der Waals surface area (Å²) in [5, 5.41) is 42.7. The lowest BCUT2D eigenvalue weighted by Crippen LogP contribution is -2.61. The fourth-order valence-electron chi connectivity index (χ4n) is 3.39. The van der Waals surface area contributed by atoms with Gasteiger partial charge in [-0.1, -0.05) is 48.5 Å². The van der Waals surface area contributed by atoms with Crippen LogP contribution in [-0.4, -0.2) is 57.1 Å². The summed E-state index contributed by atoms with van der Waals surface area (Å²) in [7, 11) is 0. The van der Waals surface area contributed by atoms with Crippen LogP contribution in [-0.2, 0) is 9.53 Å². The van der Waals surface area contributed by atoms with Crippen LogP contribution in [0, 0.1) is 0 Å². The van der Waals surface area contributed by atoms with Crippen LogP contribution in [0.15, 0.2) is 54.6 Å². The van der Waals surface area contributed by atoms with Gasteiger partial charge >= 0.3 is 5.97 Å². The second-order valence-electron chi connectivity index (χ2n) is 6.49. The van der Waals surface area contributed by atoms with E-state index < -0.39 is 36.7 Å². The molecule has 0 radical (unpaired) electrons. The third-order valence-electron chi connectivity index (χ3n) is 4.79. The molecule has 0 amide bonds. The minimum Gasteiger partial charge on any atom is -0.479 e. The van der Waals surface area contributed by atoms with Gasteiger partial charge in [0.15, 0.2) is 6.10 Å². The van der Waals surface area contributed by atoms with E-state index in [9.17, 15) is 25.2 Å². The van der Waals surface area contributed by atoms with Crippen LogP contribution >= 0.6 is 0 Å². The summed E-state index contributed by atoms with van der Waals surface area (Å²) >= 11 is 0. The number of carboxylic acids is 1. The second-order valence-corrected chi connectivity index (χ2v) is 6.49. The largest absolute Gasteiger partial charge is 0.479 e. The van der Waals surface area contributed by atoms with Crippen LogP contribution in [0.3, 0.4) is 0 Å². The first kappa shape index (κ1) is 17.7. The van der Waals surface area contributed by atoms with Gasteiger partial charge in [0, 0.05) is 5.39 Å². The van der Waals surface area contributed by atoms with Gasteiger partial charge in [-0.2, -0.15) is 0 Å². The van der Waals surface area contributed by atoms with Crippen LogP contribution in [0.4, 0.5) is 0 Å². The van der Waals surface area contributed by atoms with Crippen molar-refractivity contribution >= 4 is 27.5 Å². The monoisotopic (exact) mass is 370 g/mol. The molecule has 1 saturated heterocycles. The lowest BCUT2D eigenvalue weighted by Gasteiger charge is -2.38. The average Bonchev–Trinajstić information content (AvgIpc) is 2.68. The maximum Gasteiger partial charge on any atom is 0.335 e. The zero-order chi connectivity index (χ0) is 19.1. The first-order valence-electron chi connectivity index (χ1n) is 8.47. The van der Waals surface area contributed by atoms with Crippen LogP contribution in [0.25, 0.3) is 21.5 Å². The molecule has 0 bridgehead atoms. The molecule has 0 unspecified atom stereocenters. The summed E-state index contributed by atoms with van der Waals surface area (Å²) in [5.74, 6) is -1.08. The average molecular weight is 370 g/mol. The van der Waals surface area contributed by atoms with Gasteiger partial charge in [0.2, 0.25) is 6.29 Å². The molecule has 1 aliphatic heterocycles. The molecular weight excluding hydrogens is 352 g/mol.